The van der Waals surface area contributed by atoms with Gasteiger partial charge in [-0.05, 0) is 13.0 Å². The Kier molecular flexibility index (Phi) is 3.55. The smallest absolute Gasteiger partial charge is 0.343 e. The number of hydrogen-bond acceptors (Lipinski definition) is 4. The molecule has 0 fully saturated rings. The number of nitrogen functional groups attached to an aromatic ring is 1. The molecule has 14 heavy (non-hydrogen) atoms. The number of pyridine rings is 1. The summed E-state index contributed by atoms with van der Waals surface area (Å²) in [4.78, 5) is 15.0. The zero-order valence-corrected chi connectivity index (χ0v) is 8.89. The fourth-order valence-electron chi connectivity index (χ4n) is 0.908. The molecule has 0 spiro atoms. The maximum Gasteiger partial charge on any atom is 0.343 e. The minimum Gasteiger partial charge on any atom is -0.462 e. The van der Waals surface area contributed by atoms with Crippen LogP contribution < -0.4 is 5.73 Å². The maximum atomic E-state index is 11.3. The van der Waals surface area contributed by atoms with E-state index in [1.165, 1.54) is 6.07 Å². The number of carbonyl (C=O) groups excluding carboxylic acids is 1. The molecular weight excluding hydrogens is 227 g/mol. The third-order valence-corrected chi connectivity index (χ3v) is 1.94. The lowest BCUT2D eigenvalue weighted by Crippen LogP contribution is -2.10. The van der Waals surface area contributed by atoms with Crippen LogP contribution in [0, 0.1) is 0 Å². The monoisotopic (exact) mass is 234 g/mol. The zero-order valence-electron chi connectivity index (χ0n) is 7.38. The van der Waals surface area contributed by atoms with E-state index in [0.29, 0.717) is 0 Å². The zero-order chi connectivity index (χ0) is 10.7. The molecule has 0 radical (unpaired) electrons. The molecule has 0 aliphatic rings. The molecule has 0 amide bonds. The van der Waals surface area contributed by atoms with Crippen molar-refractivity contribution in [3.63, 3.8) is 0 Å². The van der Waals surface area contributed by atoms with Crippen LogP contribution in [-0.4, -0.2) is 17.6 Å². The van der Waals surface area contributed by atoms with Crippen LogP contribution in [0.4, 0.5) is 5.82 Å². The number of carbonyl (C=O) groups is 1. The Balaban J connectivity index is 3.14. The lowest BCUT2D eigenvalue weighted by Gasteiger charge is -2.06. The van der Waals surface area contributed by atoms with Crippen molar-refractivity contribution in [3.05, 3.63) is 21.8 Å². The lowest BCUT2D eigenvalue weighted by atomic mass is 10.2. The number of rotatable bonds is 2. The Labute approximate surface area is 91.0 Å². The average molecular weight is 235 g/mol. The van der Waals surface area contributed by atoms with E-state index in [2.05, 4.69) is 4.98 Å². The molecular formula is C8H8Cl2N2O2. The number of esters is 1. The van der Waals surface area contributed by atoms with Gasteiger partial charge in [-0.2, -0.15) is 0 Å². The van der Waals surface area contributed by atoms with Gasteiger partial charge in [-0.25, -0.2) is 9.78 Å². The first-order valence-electron chi connectivity index (χ1n) is 3.85. The maximum absolute atomic E-state index is 11.3. The van der Waals surface area contributed by atoms with Crippen molar-refractivity contribution in [2.75, 3.05) is 12.3 Å². The first-order valence-corrected chi connectivity index (χ1v) is 4.60. The quantitative estimate of drug-likeness (QED) is 0.630. The topological polar surface area (TPSA) is 65.2 Å². The van der Waals surface area contributed by atoms with Crippen molar-refractivity contribution in [2.24, 2.45) is 0 Å². The number of nitrogens with zero attached hydrogens (tertiary/aromatic N) is 1. The predicted molar refractivity (Wildman–Crippen MR) is 54.6 cm³/mol. The van der Waals surface area contributed by atoms with Crippen LogP contribution in [0.2, 0.25) is 10.2 Å². The molecule has 0 saturated heterocycles. The summed E-state index contributed by atoms with van der Waals surface area (Å²) in [5.41, 5.74) is 5.53. The molecule has 0 atom stereocenters. The van der Waals surface area contributed by atoms with E-state index < -0.39 is 5.97 Å². The SMILES string of the molecule is CCOC(=O)c1c(Cl)cc(Cl)nc1N. The molecule has 0 aliphatic heterocycles. The Morgan fingerprint density at radius 1 is 1.64 bits per heavy atom. The van der Waals surface area contributed by atoms with Crippen LogP contribution in [0.1, 0.15) is 17.3 Å². The van der Waals surface area contributed by atoms with Crippen molar-refractivity contribution >= 4 is 35.0 Å². The van der Waals surface area contributed by atoms with Gasteiger partial charge in [0, 0.05) is 0 Å². The fourth-order valence-corrected chi connectivity index (χ4v) is 1.44. The molecule has 2 N–H and O–H groups in total. The van der Waals surface area contributed by atoms with Crippen molar-refractivity contribution in [3.8, 4) is 0 Å². The Morgan fingerprint density at radius 3 is 2.79 bits per heavy atom. The van der Waals surface area contributed by atoms with Crippen LogP contribution >= 0.6 is 23.2 Å². The summed E-state index contributed by atoms with van der Waals surface area (Å²) in [5, 5.41) is 0.279. The van der Waals surface area contributed by atoms with Crippen LogP contribution in [0.15, 0.2) is 6.07 Å². The Morgan fingerprint density at radius 2 is 2.29 bits per heavy atom. The van der Waals surface area contributed by atoms with Gasteiger partial charge in [-0.15, -0.1) is 0 Å². The molecule has 4 nitrogen and oxygen atoms in total. The van der Waals surface area contributed by atoms with E-state index in [0.717, 1.165) is 0 Å². The number of aromatic nitrogens is 1. The number of ether oxygens (including phenoxy) is 1. The summed E-state index contributed by atoms with van der Waals surface area (Å²) in [6.45, 7) is 1.93. The van der Waals surface area contributed by atoms with Gasteiger partial charge in [0.05, 0.1) is 11.6 Å². The molecule has 0 saturated carbocycles. The van der Waals surface area contributed by atoms with Gasteiger partial charge < -0.3 is 10.5 Å². The molecule has 0 aromatic carbocycles. The summed E-state index contributed by atoms with van der Waals surface area (Å²) in [6, 6.07) is 1.34. The summed E-state index contributed by atoms with van der Waals surface area (Å²) in [7, 11) is 0. The molecule has 6 heteroatoms. The molecule has 0 aliphatic carbocycles. The third-order valence-electron chi connectivity index (χ3n) is 1.45. The number of halogens is 2. The van der Waals surface area contributed by atoms with Gasteiger partial charge in [-0.1, -0.05) is 23.2 Å². The summed E-state index contributed by atoms with van der Waals surface area (Å²) in [6.07, 6.45) is 0. The van der Waals surface area contributed by atoms with E-state index in [4.69, 9.17) is 33.7 Å². The van der Waals surface area contributed by atoms with Crippen molar-refractivity contribution in [1.82, 2.24) is 4.98 Å². The summed E-state index contributed by atoms with van der Waals surface area (Å²) < 4.78 is 4.74. The molecule has 76 valence electrons. The molecule has 1 heterocycles. The van der Waals surface area contributed by atoms with E-state index in [-0.39, 0.29) is 28.2 Å². The second kappa shape index (κ2) is 4.48. The summed E-state index contributed by atoms with van der Waals surface area (Å²) >= 11 is 11.3. The number of anilines is 1. The fraction of sp³-hybridized carbons (Fsp3) is 0.250. The molecule has 0 bridgehead atoms. The lowest BCUT2D eigenvalue weighted by molar-refractivity contribution is 0.0527. The van der Waals surface area contributed by atoms with Gasteiger partial charge in [0.15, 0.2) is 0 Å². The minimum atomic E-state index is -0.598. The average Bonchev–Trinajstić information content (AvgIpc) is 2.01. The molecule has 1 aromatic rings. The standard InChI is InChI=1S/C8H8Cl2N2O2/c1-2-14-8(13)6-4(9)3-5(10)12-7(6)11/h3H,2H2,1H3,(H2,11,12). The van der Waals surface area contributed by atoms with Gasteiger partial charge >= 0.3 is 5.97 Å². The highest BCUT2D eigenvalue weighted by atomic mass is 35.5. The third kappa shape index (κ3) is 2.27. The molecule has 1 aromatic heterocycles. The van der Waals surface area contributed by atoms with Gasteiger partial charge in [0.1, 0.15) is 16.5 Å². The van der Waals surface area contributed by atoms with Gasteiger partial charge in [0.25, 0.3) is 0 Å². The molecule has 0 unspecified atom stereocenters. The highest BCUT2D eigenvalue weighted by Crippen LogP contribution is 2.24. The van der Waals surface area contributed by atoms with Crippen LogP contribution in [0.3, 0.4) is 0 Å². The van der Waals surface area contributed by atoms with Crippen LogP contribution in [0.25, 0.3) is 0 Å². The molecule has 1 rings (SSSR count). The van der Waals surface area contributed by atoms with Crippen LogP contribution in [-0.2, 0) is 4.74 Å². The Hall–Kier alpha value is -1.00. The second-order valence-electron chi connectivity index (χ2n) is 2.41. The van der Waals surface area contributed by atoms with Crippen molar-refractivity contribution in [1.29, 1.82) is 0 Å². The van der Waals surface area contributed by atoms with E-state index in [9.17, 15) is 4.79 Å². The first-order chi connectivity index (χ1) is 6.56. The van der Waals surface area contributed by atoms with Crippen molar-refractivity contribution < 1.29 is 9.53 Å². The highest BCUT2D eigenvalue weighted by Gasteiger charge is 2.17. The normalized spacial score (nSPS) is 9.93. The van der Waals surface area contributed by atoms with E-state index >= 15 is 0 Å². The minimum absolute atomic E-state index is 0.0269. The van der Waals surface area contributed by atoms with E-state index in [1.54, 1.807) is 6.92 Å². The van der Waals surface area contributed by atoms with Crippen LogP contribution in [0.5, 0.6) is 0 Å². The number of nitrogens with two attached hydrogens (primary N) is 1. The van der Waals surface area contributed by atoms with Gasteiger partial charge in [-0.3, -0.25) is 0 Å². The second-order valence-corrected chi connectivity index (χ2v) is 3.20. The first kappa shape index (κ1) is 11.1. The Bertz CT molecular complexity index is 345. The largest absolute Gasteiger partial charge is 0.462 e. The predicted octanol–water partition coefficient (Wildman–Crippen LogP) is 2.15. The van der Waals surface area contributed by atoms with E-state index in [1.807, 2.05) is 0 Å². The van der Waals surface area contributed by atoms with Gasteiger partial charge in [0.2, 0.25) is 0 Å². The summed E-state index contributed by atoms with van der Waals surface area (Å²) in [5.74, 6) is -0.625. The highest BCUT2D eigenvalue weighted by molar-refractivity contribution is 6.36. The van der Waals surface area contributed by atoms with Crippen molar-refractivity contribution in [2.45, 2.75) is 6.92 Å². The number of hydrogen-bond donors (Lipinski definition) is 1.